The van der Waals surface area contributed by atoms with Gasteiger partial charge in [0, 0.05) is 5.75 Å². The Hall–Kier alpha value is 0.350. The lowest BCUT2D eigenvalue weighted by atomic mass is 10.0. The summed E-state index contributed by atoms with van der Waals surface area (Å²) in [5, 5.41) is 0. The summed E-state index contributed by atoms with van der Waals surface area (Å²) in [4.78, 5) is 0. The molecule has 0 aliphatic carbocycles. The van der Waals surface area contributed by atoms with E-state index >= 15 is 0 Å². The van der Waals surface area contributed by atoms with Gasteiger partial charge in [-0.15, -0.1) is 0 Å². The maximum Gasteiger partial charge on any atom is 0.0135 e. The van der Waals surface area contributed by atoms with Crippen molar-refractivity contribution in [1.29, 1.82) is 0 Å². The molecule has 0 rings (SSSR count). The van der Waals surface area contributed by atoms with Gasteiger partial charge in [-0.1, -0.05) is 40.0 Å². The number of thioether (sulfide) groups is 1. The van der Waals surface area contributed by atoms with Gasteiger partial charge in [0.25, 0.3) is 0 Å². The first-order valence-electron chi connectivity index (χ1n) is 4.74. The molecule has 67 valence electrons. The van der Waals surface area contributed by atoms with Gasteiger partial charge in [-0.3, -0.25) is 0 Å². The Morgan fingerprint density at radius 1 is 1.36 bits per heavy atom. The molecule has 0 saturated heterocycles. The van der Waals surface area contributed by atoms with Crippen molar-refractivity contribution in [3.8, 4) is 0 Å². The molecule has 0 heterocycles. The zero-order valence-corrected chi connectivity index (χ0v) is 8.91. The highest BCUT2D eigenvalue weighted by Gasteiger charge is 2.04. The molecule has 0 N–H and O–H groups in total. The van der Waals surface area contributed by atoms with Gasteiger partial charge < -0.3 is 0 Å². The summed E-state index contributed by atoms with van der Waals surface area (Å²) in [7, 11) is 0. The van der Waals surface area contributed by atoms with E-state index in [4.69, 9.17) is 0 Å². The molecule has 1 unspecified atom stereocenters. The first-order valence-corrected chi connectivity index (χ1v) is 5.79. The number of unbranched alkanes of at least 4 members (excludes halogenated alkanes) is 1. The number of rotatable bonds is 7. The van der Waals surface area contributed by atoms with Gasteiger partial charge in [0.1, 0.15) is 0 Å². The van der Waals surface area contributed by atoms with Crippen molar-refractivity contribution in [2.45, 2.75) is 46.5 Å². The summed E-state index contributed by atoms with van der Waals surface area (Å²) in [6, 6.07) is 0. The van der Waals surface area contributed by atoms with E-state index in [0.717, 1.165) is 5.92 Å². The minimum absolute atomic E-state index is 0.955. The summed E-state index contributed by atoms with van der Waals surface area (Å²) >= 11 is 1.97. The molecule has 0 saturated carbocycles. The van der Waals surface area contributed by atoms with Crippen molar-refractivity contribution >= 4 is 11.8 Å². The van der Waals surface area contributed by atoms with Crippen LogP contribution in [-0.2, 0) is 0 Å². The Labute approximate surface area is 76.1 Å². The minimum atomic E-state index is 0.955. The molecule has 0 aromatic carbocycles. The Kier molecular flexibility index (Phi) is 8.72. The topological polar surface area (TPSA) is 0 Å². The van der Waals surface area contributed by atoms with E-state index in [0.29, 0.717) is 0 Å². The quantitative estimate of drug-likeness (QED) is 0.558. The average Bonchev–Trinajstić information content (AvgIpc) is 2.05. The first kappa shape index (κ1) is 11.4. The van der Waals surface area contributed by atoms with Gasteiger partial charge >= 0.3 is 0 Å². The second-order valence-electron chi connectivity index (χ2n) is 2.99. The maximum atomic E-state index is 2.30. The second kappa shape index (κ2) is 8.45. The fourth-order valence-corrected chi connectivity index (χ4v) is 2.00. The second-order valence-corrected chi connectivity index (χ2v) is 4.12. The lowest BCUT2D eigenvalue weighted by Crippen LogP contribution is -2.01. The fourth-order valence-electron chi connectivity index (χ4n) is 1.13. The van der Waals surface area contributed by atoms with Crippen LogP contribution in [0.2, 0.25) is 0 Å². The van der Waals surface area contributed by atoms with Crippen LogP contribution in [0.4, 0.5) is 0 Å². The van der Waals surface area contributed by atoms with Crippen molar-refractivity contribution in [3.05, 3.63) is 5.75 Å². The predicted octanol–water partition coefficient (Wildman–Crippen LogP) is 4.12. The number of hydrogen-bond acceptors (Lipinski definition) is 1. The van der Waals surface area contributed by atoms with Crippen molar-refractivity contribution in [2.75, 3.05) is 5.75 Å². The molecule has 0 fully saturated rings. The van der Waals surface area contributed by atoms with Gasteiger partial charge in [0.05, 0.1) is 0 Å². The molecule has 1 atom stereocenters. The van der Waals surface area contributed by atoms with E-state index in [1.54, 1.807) is 0 Å². The van der Waals surface area contributed by atoms with E-state index < -0.39 is 0 Å². The number of hydrogen-bond donors (Lipinski definition) is 0. The normalized spacial score (nSPS) is 13.4. The largest absolute Gasteiger partial charge is 0.157 e. The Morgan fingerprint density at radius 3 is 2.55 bits per heavy atom. The predicted molar refractivity (Wildman–Crippen MR) is 55.7 cm³/mol. The van der Waals surface area contributed by atoms with Gasteiger partial charge in [-0.05, 0) is 18.1 Å². The van der Waals surface area contributed by atoms with E-state index in [1.807, 2.05) is 11.8 Å². The van der Waals surface area contributed by atoms with Gasteiger partial charge in [-0.2, -0.15) is 11.8 Å². The molecular formula is C10H21S. The maximum absolute atomic E-state index is 2.30. The average molecular weight is 173 g/mol. The van der Waals surface area contributed by atoms with Crippen molar-refractivity contribution in [3.63, 3.8) is 0 Å². The third-order valence-electron chi connectivity index (χ3n) is 2.04. The highest BCUT2D eigenvalue weighted by molar-refractivity contribution is 8.01. The standard InChI is InChI=1S/C10H21S/c1-4-7-8-10(5-2)9-11-6-3/h6,10H,4-5,7-9H2,1-3H3. The first-order chi connectivity index (χ1) is 5.35. The van der Waals surface area contributed by atoms with Gasteiger partial charge in [0.2, 0.25) is 0 Å². The van der Waals surface area contributed by atoms with Gasteiger partial charge in [-0.25, -0.2) is 0 Å². The minimum Gasteiger partial charge on any atom is -0.157 e. The Balaban J connectivity index is 3.25. The fraction of sp³-hybridized carbons (Fsp3) is 0.900. The molecule has 11 heavy (non-hydrogen) atoms. The van der Waals surface area contributed by atoms with Crippen LogP contribution in [0, 0.1) is 11.7 Å². The van der Waals surface area contributed by atoms with Crippen LogP contribution in [0.1, 0.15) is 46.5 Å². The molecule has 0 spiro atoms. The molecule has 0 bridgehead atoms. The molecule has 0 aromatic rings. The van der Waals surface area contributed by atoms with Crippen molar-refractivity contribution in [2.24, 2.45) is 5.92 Å². The molecule has 0 amide bonds. The van der Waals surface area contributed by atoms with E-state index in [2.05, 4.69) is 26.5 Å². The summed E-state index contributed by atoms with van der Waals surface area (Å²) < 4.78 is 0. The lowest BCUT2D eigenvalue weighted by Gasteiger charge is -2.12. The lowest BCUT2D eigenvalue weighted by molar-refractivity contribution is 0.500. The zero-order valence-electron chi connectivity index (χ0n) is 8.10. The zero-order chi connectivity index (χ0) is 8.53. The van der Waals surface area contributed by atoms with Crippen LogP contribution in [-0.4, -0.2) is 5.75 Å². The monoisotopic (exact) mass is 173 g/mol. The van der Waals surface area contributed by atoms with Crippen LogP contribution in [0.25, 0.3) is 0 Å². The van der Waals surface area contributed by atoms with Crippen LogP contribution < -0.4 is 0 Å². The van der Waals surface area contributed by atoms with Crippen molar-refractivity contribution in [1.82, 2.24) is 0 Å². The van der Waals surface area contributed by atoms with Crippen molar-refractivity contribution < 1.29 is 0 Å². The van der Waals surface area contributed by atoms with Crippen LogP contribution in [0.3, 0.4) is 0 Å². The Morgan fingerprint density at radius 2 is 2.09 bits per heavy atom. The van der Waals surface area contributed by atoms with Crippen LogP contribution in [0.5, 0.6) is 0 Å². The third-order valence-corrected chi connectivity index (χ3v) is 3.04. The van der Waals surface area contributed by atoms with E-state index in [9.17, 15) is 0 Å². The SMILES string of the molecule is C[CH]SCC(CC)CCCC. The summed E-state index contributed by atoms with van der Waals surface area (Å²) in [5.41, 5.74) is 0. The molecular weight excluding hydrogens is 152 g/mol. The highest BCUT2D eigenvalue weighted by Crippen LogP contribution is 2.19. The molecule has 1 heteroatoms. The van der Waals surface area contributed by atoms with Crippen LogP contribution >= 0.6 is 11.8 Å². The van der Waals surface area contributed by atoms with Crippen LogP contribution in [0.15, 0.2) is 0 Å². The van der Waals surface area contributed by atoms with E-state index in [-0.39, 0.29) is 0 Å². The summed E-state index contributed by atoms with van der Waals surface area (Å²) in [5.74, 6) is 4.48. The highest BCUT2D eigenvalue weighted by atomic mass is 32.2. The molecule has 0 aliphatic heterocycles. The molecule has 1 radical (unpaired) electrons. The summed E-state index contributed by atoms with van der Waals surface area (Å²) in [6.45, 7) is 6.69. The smallest absolute Gasteiger partial charge is 0.0135 e. The van der Waals surface area contributed by atoms with E-state index in [1.165, 1.54) is 31.4 Å². The molecule has 0 aromatic heterocycles. The molecule has 0 nitrogen and oxygen atoms in total. The molecule has 0 aliphatic rings. The Bertz CT molecular complexity index is 63.3. The summed E-state index contributed by atoms with van der Waals surface area (Å²) in [6.07, 6.45) is 5.52. The third kappa shape index (κ3) is 6.74. The van der Waals surface area contributed by atoms with Gasteiger partial charge in [0.15, 0.2) is 0 Å².